The second-order valence-electron chi connectivity index (χ2n) is 10.8. The highest BCUT2D eigenvalue weighted by atomic mass is 19.1. The number of hydrogen-bond acceptors (Lipinski definition) is 5. The fourth-order valence-corrected chi connectivity index (χ4v) is 5.22. The number of amides is 3. The third kappa shape index (κ3) is 4.53. The summed E-state index contributed by atoms with van der Waals surface area (Å²) in [5.74, 6) is -1.35. The highest BCUT2D eigenvalue weighted by molar-refractivity contribution is 6.09. The van der Waals surface area contributed by atoms with Crippen LogP contribution >= 0.6 is 0 Å². The molecule has 5 rings (SSSR count). The summed E-state index contributed by atoms with van der Waals surface area (Å²) in [6.07, 6.45) is 3.42. The predicted molar refractivity (Wildman–Crippen MR) is 151 cm³/mol. The number of anilines is 4. The summed E-state index contributed by atoms with van der Waals surface area (Å²) in [5, 5.41) is 2.97. The van der Waals surface area contributed by atoms with E-state index in [9.17, 15) is 23.6 Å². The maximum atomic E-state index is 14.9. The van der Waals surface area contributed by atoms with Crippen LogP contribution in [-0.4, -0.2) is 40.8 Å². The zero-order valence-electron chi connectivity index (χ0n) is 23.0. The Kier molecular flexibility index (Phi) is 6.73. The summed E-state index contributed by atoms with van der Waals surface area (Å²) in [6.45, 7) is 3.31. The zero-order chi connectivity index (χ0) is 28.9. The van der Waals surface area contributed by atoms with E-state index in [1.165, 1.54) is 28.6 Å². The number of carbonyl (C=O) groups excluding carboxylic acids is 3. The number of carbonyl (C=O) groups is 3. The van der Waals surface area contributed by atoms with Gasteiger partial charge in [-0.25, -0.2) is 4.39 Å². The molecule has 40 heavy (non-hydrogen) atoms. The van der Waals surface area contributed by atoms with E-state index < -0.39 is 28.6 Å². The molecule has 0 unspecified atom stereocenters. The van der Waals surface area contributed by atoms with Gasteiger partial charge in [-0.2, -0.15) is 0 Å². The minimum absolute atomic E-state index is 0.0279. The Morgan fingerprint density at radius 3 is 2.42 bits per heavy atom. The SMILES string of the molecule is Cc1ccc(Nc2c(C(=O)N(C)C3CC3)c(N(C=O)c3cccc(C4(C(N)=O)CC4)c3)c(C)c(=O)n2C)c(F)c1. The molecule has 2 aliphatic carbocycles. The topological polar surface area (TPSA) is 118 Å². The van der Waals surface area contributed by atoms with Crippen LogP contribution in [0, 0.1) is 19.7 Å². The lowest BCUT2D eigenvalue weighted by Gasteiger charge is -2.29. The van der Waals surface area contributed by atoms with Gasteiger partial charge in [-0.3, -0.25) is 28.6 Å². The van der Waals surface area contributed by atoms with Crippen LogP contribution in [-0.2, 0) is 22.1 Å². The van der Waals surface area contributed by atoms with Gasteiger partial charge in [-0.1, -0.05) is 18.2 Å². The standard InChI is InChI=1S/C30H32FN5O4/c1-17-8-11-23(22(31)14-17)33-26-24(28(39)34(3)20-9-10-20)25(18(2)27(38)35(26)4)36(16-37)21-7-5-6-19(15-21)30(12-13-30)29(32)40/h5-8,11,14-16,20,33H,9-10,12-13H2,1-4H3,(H2,32,40). The Morgan fingerprint density at radius 1 is 1.15 bits per heavy atom. The number of primary amides is 1. The lowest BCUT2D eigenvalue weighted by atomic mass is 9.94. The van der Waals surface area contributed by atoms with Crippen LogP contribution in [0.4, 0.5) is 27.3 Å². The summed E-state index contributed by atoms with van der Waals surface area (Å²) in [7, 11) is 3.17. The molecular formula is C30H32FN5O4. The van der Waals surface area contributed by atoms with Crippen molar-refractivity contribution in [3.63, 3.8) is 0 Å². The molecule has 1 aromatic heterocycles. The van der Waals surface area contributed by atoms with Crippen LogP contribution in [0.3, 0.4) is 0 Å². The molecule has 0 bridgehead atoms. The van der Waals surface area contributed by atoms with Crippen LogP contribution in [0.5, 0.6) is 0 Å². The first kappa shape index (κ1) is 27.1. The van der Waals surface area contributed by atoms with Gasteiger partial charge in [0.2, 0.25) is 12.3 Å². The molecule has 0 spiro atoms. The largest absolute Gasteiger partial charge is 0.369 e. The highest BCUT2D eigenvalue weighted by Crippen LogP contribution is 2.49. The van der Waals surface area contributed by atoms with Crippen molar-refractivity contribution in [3.05, 3.63) is 80.9 Å². The molecule has 2 fully saturated rings. The first-order valence-corrected chi connectivity index (χ1v) is 13.2. The summed E-state index contributed by atoms with van der Waals surface area (Å²) in [4.78, 5) is 55.3. The summed E-state index contributed by atoms with van der Waals surface area (Å²) < 4.78 is 16.2. The molecule has 3 N–H and O–H groups in total. The quantitative estimate of drug-likeness (QED) is 0.395. The first-order valence-electron chi connectivity index (χ1n) is 13.2. The predicted octanol–water partition coefficient (Wildman–Crippen LogP) is 3.93. The van der Waals surface area contributed by atoms with Crippen molar-refractivity contribution in [1.82, 2.24) is 9.47 Å². The Morgan fingerprint density at radius 2 is 1.85 bits per heavy atom. The van der Waals surface area contributed by atoms with Crippen LogP contribution in [0.25, 0.3) is 0 Å². The number of halogens is 1. The molecule has 3 aromatic rings. The van der Waals surface area contributed by atoms with E-state index in [4.69, 9.17) is 5.73 Å². The maximum Gasteiger partial charge on any atom is 0.259 e. The smallest absolute Gasteiger partial charge is 0.259 e. The summed E-state index contributed by atoms with van der Waals surface area (Å²) in [5.41, 5.74) is 6.55. The van der Waals surface area contributed by atoms with Crippen LogP contribution in [0.2, 0.25) is 0 Å². The van der Waals surface area contributed by atoms with E-state index in [0.717, 1.165) is 12.8 Å². The minimum Gasteiger partial charge on any atom is -0.369 e. The van der Waals surface area contributed by atoms with Crippen molar-refractivity contribution in [2.24, 2.45) is 12.8 Å². The van der Waals surface area contributed by atoms with Gasteiger partial charge < -0.3 is 16.0 Å². The molecule has 2 aliphatic rings. The lowest BCUT2D eigenvalue weighted by Crippen LogP contribution is -2.35. The van der Waals surface area contributed by atoms with Crippen molar-refractivity contribution in [1.29, 1.82) is 0 Å². The van der Waals surface area contributed by atoms with E-state index >= 15 is 0 Å². The van der Waals surface area contributed by atoms with Gasteiger partial charge >= 0.3 is 0 Å². The minimum atomic E-state index is -0.799. The van der Waals surface area contributed by atoms with Crippen molar-refractivity contribution < 1.29 is 18.8 Å². The van der Waals surface area contributed by atoms with Crippen LogP contribution in [0.1, 0.15) is 52.7 Å². The average molecular weight is 546 g/mol. The second-order valence-corrected chi connectivity index (χ2v) is 10.8. The van der Waals surface area contributed by atoms with E-state index in [-0.39, 0.29) is 34.4 Å². The van der Waals surface area contributed by atoms with Crippen LogP contribution in [0.15, 0.2) is 47.3 Å². The molecule has 2 aromatic carbocycles. The molecule has 3 amide bonds. The molecule has 0 atom stereocenters. The molecular weight excluding hydrogens is 513 g/mol. The van der Waals surface area contributed by atoms with Gasteiger partial charge in [-0.15, -0.1) is 0 Å². The fraction of sp³-hybridized carbons (Fsp3) is 0.333. The molecule has 10 heteroatoms. The van der Waals surface area contributed by atoms with Crippen LogP contribution < -0.4 is 21.5 Å². The van der Waals surface area contributed by atoms with Gasteiger partial charge in [0.05, 0.1) is 16.8 Å². The second kappa shape index (κ2) is 9.93. The molecule has 1 heterocycles. The van der Waals surface area contributed by atoms with Crippen molar-refractivity contribution in [3.8, 4) is 0 Å². The van der Waals surface area contributed by atoms with Gasteiger partial charge in [0.1, 0.15) is 17.2 Å². The average Bonchev–Trinajstić information content (AvgIpc) is 3.85. The van der Waals surface area contributed by atoms with Crippen molar-refractivity contribution >= 4 is 41.1 Å². The van der Waals surface area contributed by atoms with Gasteiger partial charge in [0.25, 0.3) is 11.5 Å². The van der Waals surface area contributed by atoms with Crippen molar-refractivity contribution in [2.75, 3.05) is 17.3 Å². The molecule has 208 valence electrons. The number of nitrogens with zero attached hydrogens (tertiary/aromatic N) is 3. The Bertz CT molecular complexity index is 1610. The number of aryl methyl sites for hydroxylation is 1. The number of pyridine rings is 1. The number of hydrogen-bond donors (Lipinski definition) is 2. The normalized spacial score (nSPS) is 15.3. The maximum absolute atomic E-state index is 14.9. The monoisotopic (exact) mass is 545 g/mol. The van der Waals surface area contributed by atoms with E-state index in [1.807, 2.05) is 0 Å². The number of rotatable bonds is 9. The van der Waals surface area contributed by atoms with E-state index in [2.05, 4.69) is 5.32 Å². The Hall–Kier alpha value is -4.47. The highest BCUT2D eigenvalue weighted by Gasteiger charge is 2.50. The number of aromatic nitrogens is 1. The molecule has 2 saturated carbocycles. The first-order chi connectivity index (χ1) is 19.0. The fourth-order valence-electron chi connectivity index (χ4n) is 5.22. The molecule has 9 nitrogen and oxygen atoms in total. The van der Waals surface area contributed by atoms with E-state index in [0.29, 0.717) is 36.1 Å². The summed E-state index contributed by atoms with van der Waals surface area (Å²) >= 11 is 0. The van der Waals surface area contributed by atoms with Gasteiger partial charge in [0.15, 0.2) is 0 Å². The Labute approximate surface area is 231 Å². The lowest BCUT2D eigenvalue weighted by molar-refractivity contribution is -0.120. The van der Waals surface area contributed by atoms with E-state index in [1.54, 1.807) is 56.1 Å². The number of benzene rings is 2. The van der Waals surface area contributed by atoms with Gasteiger partial charge in [-0.05, 0) is 74.9 Å². The molecule has 0 saturated heterocycles. The number of nitrogens with one attached hydrogen (secondary N) is 1. The Balaban J connectivity index is 1.74. The molecule has 0 aliphatic heterocycles. The number of nitrogens with two attached hydrogens (primary N) is 1. The third-order valence-corrected chi connectivity index (χ3v) is 8.04. The summed E-state index contributed by atoms with van der Waals surface area (Å²) in [6, 6.07) is 11.5. The zero-order valence-corrected chi connectivity index (χ0v) is 23.0. The molecule has 0 radical (unpaired) electrons. The third-order valence-electron chi connectivity index (χ3n) is 8.04. The van der Waals surface area contributed by atoms with Crippen molar-refractivity contribution in [2.45, 2.75) is 51.0 Å². The van der Waals surface area contributed by atoms with Gasteiger partial charge in [0, 0.05) is 31.4 Å².